The van der Waals surface area contributed by atoms with Crippen LogP contribution in [0.25, 0.3) is 0 Å². The van der Waals surface area contributed by atoms with Gasteiger partial charge in [0.15, 0.2) is 0 Å². The number of likely N-dealkylation sites (N-methyl/N-ethyl adjacent to an activating group) is 1. The Morgan fingerprint density at radius 2 is 1.67 bits per heavy atom. The fourth-order valence-electron chi connectivity index (χ4n) is 5.20. The van der Waals surface area contributed by atoms with E-state index in [1.807, 2.05) is 20.8 Å². The van der Waals surface area contributed by atoms with Gasteiger partial charge < -0.3 is 26.2 Å². The maximum absolute atomic E-state index is 13.9. The number of carbonyl (C=O) groups excluding carboxylic acids is 4. The summed E-state index contributed by atoms with van der Waals surface area (Å²) in [5.74, 6) is -2.63. The molecule has 0 saturated carbocycles. The van der Waals surface area contributed by atoms with Gasteiger partial charge in [-0.25, -0.2) is 30.7 Å². The summed E-state index contributed by atoms with van der Waals surface area (Å²) in [6.07, 6.45) is -1.92. The van der Waals surface area contributed by atoms with Crippen molar-refractivity contribution in [2.24, 2.45) is 10.8 Å². The van der Waals surface area contributed by atoms with Gasteiger partial charge in [-0.2, -0.15) is 0 Å². The zero-order valence-corrected chi connectivity index (χ0v) is 29.8. The molecule has 0 unspecified atom stereocenters. The number of nitrogens with zero attached hydrogens (tertiary/aromatic N) is 2. The van der Waals surface area contributed by atoms with Gasteiger partial charge in [-0.05, 0) is 47.8 Å². The standard InChI is InChI=1S/C32H51F3N6O6S/c1-31(2,3)24(19-40(7)48(8,46)47)38-30(45)39-26(32(4,5)6)29(44)41-16-10-13-23(41)28(43)37-22(18-25(34)35)27(42)36-15-14-20-11-9-12-21(33)17-20/h9,11-12,17,22-26H,10,13-16,18-19H2,1-8H3,(H,36,42)(H,37,43)(H2,38,39,45)/t22-,23-,24+,26+/m0/s1. The highest BCUT2D eigenvalue weighted by Gasteiger charge is 2.43. The molecule has 48 heavy (non-hydrogen) atoms. The fourth-order valence-corrected chi connectivity index (χ4v) is 5.62. The fraction of sp³-hybridized carbons (Fsp3) is 0.688. The van der Waals surface area contributed by atoms with Crippen LogP contribution >= 0.6 is 0 Å². The Bertz CT molecular complexity index is 1400. The summed E-state index contributed by atoms with van der Waals surface area (Å²) in [5, 5.41) is 10.4. The molecule has 1 heterocycles. The van der Waals surface area contributed by atoms with E-state index in [-0.39, 0.29) is 32.5 Å². The molecule has 0 spiro atoms. The number of halogens is 3. The number of hydrogen-bond acceptors (Lipinski definition) is 6. The first-order valence-corrected chi connectivity index (χ1v) is 17.7. The quantitative estimate of drug-likeness (QED) is 0.233. The summed E-state index contributed by atoms with van der Waals surface area (Å²) in [7, 11) is -2.14. The van der Waals surface area contributed by atoms with Crippen LogP contribution in [0.5, 0.6) is 0 Å². The minimum absolute atomic E-state index is 0.0174. The molecule has 5 amide bonds. The van der Waals surface area contributed by atoms with E-state index in [1.165, 1.54) is 30.1 Å². The normalized spacial score (nSPS) is 17.5. The van der Waals surface area contributed by atoms with Crippen LogP contribution in [0.15, 0.2) is 24.3 Å². The molecule has 2 rings (SSSR count). The highest BCUT2D eigenvalue weighted by Crippen LogP contribution is 2.27. The Morgan fingerprint density at radius 3 is 2.21 bits per heavy atom. The summed E-state index contributed by atoms with van der Waals surface area (Å²) in [4.78, 5) is 54.7. The van der Waals surface area contributed by atoms with Crippen molar-refractivity contribution in [1.29, 1.82) is 0 Å². The van der Waals surface area contributed by atoms with Crippen molar-refractivity contribution in [2.75, 3.05) is 32.9 Å². The zero-order valence-electron chi connectivity index (χ0n) is 29.0. The van der Waals surface area contributed by atoms with Gasteiger partial charge in [0.2, 0.25) is 34.2 Å². The predicted octanol–water partition coefficient (Wildman–Crippen LogP) is 2.64. The number of nitrogens with one attached hydrogen (secondary N) is 4. The van der Waals surface area contributed by atoms with Crippen LogP contribution in [0.3, 0.4) is 0 Å². The lowest BCUT2D eigenvalue weighted by Crippen LogP contribution is -2.62. The molecule has 1 saturated heterocycles. The van der Waals surface area contributed by atoms with Crippen molar-refractivity contribution in [3.8, 4) is 0 Å². The number of sulfonamides is 1. The van der Waals surface area contributed by atoms with Crippen LogP contribution in [0.4, 0.5) is 18.0 Å². The second-order valence-corrected chi connectivity index (χ2v) is 16.5. The second kappa shape index (κ2) is 16.8. The lowest BCUT2D eigenvalue weighted by molar-refractivity contribution is -0.142. The van der Waals surface area contributed by atoms with Gasteiger partial charge in [-0.1, -0.05) is 53.7 Å². The topological polar surface area (TPSA) is 157 Å². The van der Waals surface area contributed by atoms with Crippen LogP contribution in [-0.2, 0) is 30.8 Å². The smallest absolute Gasteiger partial charge is 0.315 e. The minimum Gasteiger partial charge on any atom is -0.354 e. The first kappa shape index (κ1) is 40.8. The lowest BCUT2D eigenvalue weighted by atomic mass is 9.85. The largest absolute Gasteiger partial charge is 0.354 e. The minimum atomic E-state index is -3.53. The molecule has 1 aliphatic rings. The first-order chi connectivity index (χ1) is 22.0. The van der Waals surface area contributed by atoms with Crippen molar-refractivity contribution >= 4 is 33.8 Å². The molecule has 272 valence electrons. The third-order valence-corrected chi connectivity index (χ3v) is 9.51. The van der Waals surface area contributed by atoms with E-state index >= 15 is 0 Å². The van der Waals surface area contributed by atoms with E-state index in [0.29, 0.717) is 12.0 Å². The Kier molecular flexibility index (Phi) is 14.3. The number of likely N-dealkylation sites (tertiary alicyclic amines) is 1. The van der Waals surface area contributed by atoms with E-state index in [2.05, 4.69) is 21.3 Å². The van der Waals surface area contributed by atoms with E-state index in [9.17, 15) is 40.8 Å². The molecule has 0 bridgehead atoms. The van der Waals surface area contributed by atoms with Gasteiger partial charge >= 0.3 is 6.03 Å². The van der Waals surface area contributed by atoms with Crippen LogP contribution in [0.2, 0.25) is 0 Å². The van der Waals surface area contributed by atoms with Crippen LogP contribution in [0, 0.1) is 16.6 Å². The third kappa shape index (κ3) is 12.6. The molecule has 0 aliphatic carbocycles. The monoisotopic (exact) mass is 704 g/mol. The third-order valence-electron chi connectivity index (χ3n) is 8.23. The van der Waals surface area contributed by atoms with E-state index in [0.717, 1.165) is 10.6 Å². The molecule has 1 aromatic carbocycles. The molecule has 4 atom stereocenters. The van der Waals surface area contributed by atoms with Crippen molar-refractivity contribution in [1.82, 2.24) is 30.5 Å². The summed E-state index contributed by atoms with van der Waals surface area (Å²) in [6, 6.07) is 0.611. The molecule has 1 fully saturated rings. The number of alkyl halides is 2. The Balaban J connectivity index is 2.16. The first-order valence-electron chi connectivity index (χ1n) is 15.9. The van der Waals surface area contributed by atoms with Gasteiger partial charge in [-0.15, -0.1) is 0 Å². The lowest BCUT2D eigenvalue weighted by Gasteiger charge is -2.37. The summed E-state index contributed by atoms with van der Waals surface area (Å²) < 4.78 is 65.5. The molecule has 1 aromatic rings. The average molecular weight is 705 g/mol. The van der Waals surface area contributed by atoms with Crippen LogP contribution in [-0.4, -0.2) is 105 Å². The highest BCUT2D eigenvalue weighted by atomic mass is 32.2. The molecule has 12 nitrogen and oxygen atoms in total. The van der Waals surface area contributed by atoms with Crippen molar-refractivity contribution in [2.45, 2.75) is 97.8 Å². The van der Waals surface area contributed by atoms with Gasteiger partial charge in [0.25, 0.3) is 0 Å². The number of carbonyl (C=O) groups is 4. The maximum atomic E-state index is 13.9. The number of hydrogen-bond donors (Lipinski definition) is 4. The van der Waals surface area contributed by atoms with Crippen LogP contribution in [0.1, 0.15) is 66.4 Å². The molecule has 0 radical (unpaired) electrons. The van der Waals surface area contributed by atoms with Gasteiger partial charge in [0.1, 0.15) is 23.9 Å². The highest BCUT2D eigenvalue weighted by molar-refractivity contribution is 7.88. The number of urea groups is 1. The van der Waals surface area contributed by atoms with Crippen LogP contribution < -0.4 is 21.3 Å². The molecule has 0 aromatic heterocycles. The molecule has 16 heteroatoms. The van der Waals surface area contributed by atoms with E-state index < -0.39 is 87.4 Å². The number of benzene rings is 1. The molecule has 4 N–H and O–H groups in total. The molecule has 1 aliphatic heterocycles. The predicted molar refractivity (Wildman–Crippen MR) is 176 cm³/mol. The average Bonchev–Trinajstić information content (AvgIpc) is 3.43. The second-order valence-electron chi connectivity index (χ2n) is 14.4. The Hall–Kier alpha value is -3.40. The van der Waals surface area contributed by atoms with Gasteiger partial charge in [-0.3, -0.25) is 14.4 Å². The zero-order chi connectivity index (χ0) is 36.6. The van der Waals surface area contributed by atoms with Crippen molar-refractivity contribution in [3.63, 3.8) is 0 Å². The Morgan fingerprint density at radius 1 is 1.02 bits per heavy atom. The van der Waals surface area contributed by atoms with Crippen molar-refractivity contribution in [3.05, 3.63) is 35.6 Å². The van der Waals surface area contributed by atoms with E-state index in [1.54, 1.807) is 26.8 Å². The Labute approximate surface area is 282 Å². The SMILES string of the molecule is CN(C[C@@H](NC(=O)N[C@H](C(=O)N1CCC[C@H]1C(=O)N[C@@H](CC(F)F)C(=O)NCCc1cccc(F)c1)C(C)(C)C)C(C)(C)C)S(C)(=O)=O. The molecular formula is C32H51F3N6O6S. The van der Waals surface area contributed by atoms with E-state index in [4.69, 9.17) is 0 Å². The van der Waals surface area contributed by atoms with Crippen molar-refractivity contribution < 1.29 is 40.8 Å². The van der Waals surface area contributed by atoms with Gasteiger partial charge in [0, 0.05) is 39.1 Å². The number of amides is 5. The number of rotatable bonds is 14. The summed E-state index contributed by atoms with van der Waals surface area (Å²) in [5.41, 5.74) is -0.801. The summed E-state index contributed by atoms with van der Waals surface area (Å²) >= 11 is 0. The molecular weight excluding hydrogens is 653 g/mol. The van der Waals surface area contributed by atoms with Gasteiger partial charge in [0.05, 0.1) is 6.26 Å². The maximum Gasteiger partial charge on any atom is 0.315 e. The summed E-state index contributed by atoms with van der Waals surface area (Å²) in [6.45, 7) is 10.9.